The Morgan fingerprint density at radius 3 is 2.67 bits per heavy atom. The number of benzene rings is 1. The first kappa shape index (κ1) is 13.1. The predicted molar refractivity (Wildman–Crippen MR) is 81.3 cm³/mol. The minimum atomic E-state index is -0.232. The molecule has 3 N–H and O–H groups in total. The number of H-pyrrole nitrogens is 1. The third kappa shape index (κ3) is 2.43. The Balaban J connectivity index is 2.14. The maximum Gasteiger partial charge on any atom is 0.252 e. The Hall–Kier alpha value is -2.89. The van der Waals surface area contributed by atoms with Crippen LogP contribution in [0, 0.1) is 13.8 Å². The SMILES string of the molecule is Cc1cc(=O)[nH]c(-n2nc(-c3ccccc3C)cc2N)n1. The van der Waals surface area contributed by atoms with Crippen LogP contribution in [0.15, 0.2) is 41.2 Å². The van der Waals surface area contributed by atoms with Gasteiger partial charge in [-0.3, -0.25) is 9.78 Å². The zero-order valence-corrected chi connectivity index (χ0v) is 11.8. The van der Waals surface area contributed by atoms with E-state index in [0.29, 0.717) is 17.5 Å². The number of anilines is 1. The van der Waals surface area contributed by atoms with Crippen molar-refractivity contribution in [2.24, 2.45) is 0 Å². The van der Waals surface area contributed by atoms with Crippen molar-refractivity contribution in [2.75, 3.05) is 5.73 Å². The van der Waals surface area contributed by atoms with Crippen molar-refractivity contribution in [3.05, 3.63) is 58.0 Å². The topological polar surface area (TPSA) is 89.6 Å². The molecule has 0 radical (unpaired) electrons. The number of hydrogen-bond donors (Lipinski definition) is 2. The first-order chi connectivity index (χ1) is 10.0. The molecule has 106 valence electrons. The standard InChI is InChI=1S/C15H15N5O/c1-9-5-3-4-6-11(9)12-8-13(16)20(19-12)15-17-10(2)7-14(21)18-15/h3-8H,16H2,1-2H3,(H,17,18,21). The molecule has 0 amide bonds. The molecule has 21 heavy (non-hydrogen) atoms. The lowest BCUT2D eigenvalue weighted by molar-refractivity contribution is 0.805. The van der Waals surface area contributed by atoms with E-state index in [1.165, 1.54) is 10.7 Å². The number of nitrogens with zero attached hydrogens (tertiary/aromatic N) is 3. The molecular weight excluding hydrogens is 266 g/mol. The summed E-state index contributed by atoms with van der Waals surface area (Å²) in [5, 5.41) is 4.45. The van der Waals surface area contributed by atoms with E-state index in [-0.39, 0.29) is 5.56 Å². The van der Waals surface area contributed by atoms with E-state index in [9.17, 15) is 4.79 Å². The highest BCUT2D eigenvalue weighted by Gasteiger charge is 2.12. The molecule has 6 nitrogen and oxygen atoms in total. The highest BCUT2D eigenvalue weighted by molar-refractivity contribution is 5.66. The Bertz CT molecular complexity index is 862. The van der Waals surface area contributed by atoms with E-state index in [2.05, 4.69) is 15.1 Å². The molecule has 2 aromatic heterocycles. The quantitative estimate of drug-likeness (QED) is 0.749. The van der Waals surface area contributed by atoms with E-state index < -0.39 is 0 Å². The van der Waals surface area contributed by atoms with Crippen LogP contribution in [-0.4, -0.2) is 19.7 Å². The summed E-state index contributed by atoms with van der Waals surface area (Å²) in [6, 6.07) is 11.1. The largest absolute Gasteiger partial charge is 0.383 e. The number of nitrogen functional groups attached to an aromatic ring is 1. The van der Waals surface area contributed by atoms with Crippen LogP contribution in [0.4, 0.5) is 5.82 Å². The average molecular weight is 281 g/mol. The first-order valence-corrected chi connectivity index (χ1v) is 6.54. The van der Waals surface area contributed by atoms with Crippen LogP contribution in [0.3, 0.4) is 0 Å². The highest BCUT2D eigenvalue weighted by Crippen LogP contribution is 2.24. The van der Waals surface area contributed by atoms with Crippen molar-refractivity contribution in [1.29, 1.82) is 0 Å². The molecule has 0 bridgehead atoms. The van der Waals surface area contributed by atoms with Gasteiger partial charge in [0.25, 0.3) is 5.56 Å². The van der Waals surface area contributed by atoms with Crippen LogP contribution in [0.25, 0.3) is 17.2 Å². The monoisotopic (exact) mass is 281 g/mol. The zero-order valence-electron chi connectivity index (χ0n) is 11.8. The van der Waals surface area contributed by atoms with Gasteiger partial charge < -0.3 is 5.73 Å². The minimum Gasteiger partial charge on any atom is -0.383 e. The Morgan fingerprint density at radius 2 is 1.95 bits per heavy atom. The second kappa shape index (κ2) is 4.90. The minimum absolute atomic E-state index is 0.232. The molecular formula is C15H15N5O. The normalized spacial score (nSPS) is 10.8. The molecule has 6 heteroatoms. The summed E-state index contributed by atoms with van der Waals surface area (Å²) in [6.07, 6.45) is 0. The van der Waals surface area contributed by atoms with Crippen molar-refractivity contribution in [3.8, 4) is 17.2 Å². The van der Waals surface area contributed by atoms with Crippen LogP contribution in [0.2, 0.25) is 0 Å². The average Bonchev–Trinajstić information content (AvgIpc) is 2.80. The van der Waals surface area contributed by atoms with Gasteiger partial charge in [-0.05, 0) is 19.4 Å². The Morgan fingerprint density at radius 1 is 1.19 bits per heavy atom. The lowest BCUT2D eigenvalue weighted by atomic mass is 10.1. The zero-order chi connectivity index (χ0) is 15.0. The number of aryl methyl sites for hydroxylation is 2. The molecule has 0 fully saturated rings. The van der Waals surface area contributed by atoms with Crippen LogP contribution < -0.4 is 11.3 Å². The van der Waals surface area contributed by atoms with Gasteiger partial charge in [0.1, 0.15) is 5.82 Å². The molecule has 3 aromatic rings. The van der Waals surface area contributed by atoms with Gasteiger partial charge in [0, 0.05) is 23.4 Å². The van der Waals surface area contributed by atoms with E-state index in [1.54, 1.807) is 13.0 Å². The summed E-state index contributed by atoms with van der Waals surface area (Å²) >= 11 is 0. The second-order valence-electron chi connectivity index (χ2n) is 4.89. The van der Waals surface area contributed by atoms with Gasteiger partial charge in [-0.25, -0.2) is 4.98 Å². The van der Waals surface area contributed by atoms with E-state index in [4.69, 9.17) is 5.73 Å². The number of nitrogens with one attached hydrogen (secondary N) is 1. The molecule has 3 rings (SSSR count). The third-order valence-electron chi connectivity index (χ3n) is 3.22. The number of aromatic amines is 1. The Labute approximate surface area is 121 Å². The van der Waals surface area contributed by atoms with Crippen molar-refractivity contribution >= 4 is 5.82 Å². The number of nitrogens with two attached hydrogens (primary N) is 1. The number of hydrogen-bond acceptors (Lipinski definition) is 4. The summed E-state index contributed by atoms with van der Waals surface area (Å²) in [5.41, 5.74) is 9.23. The smallest absolute Gasteiger partial charge is 0.252 e. The van der Waals surface area contributed by atoms with Gasteiger partial charge >= 0.3 is 0 Å². The molecule has 0 aliphatic rings. The lowest BCUT2D eigenvalue weighted by Crippen LogP contribution is -2.15. The molecule has 0 saturated carbocycles. The molecule has 1 aromatic carbocycles. The van der Waals surface area contributed by atoms with Gasteiger partial charge in [0.05, 0.1) is 5.69 Å². The van der Waals surface area contributed by atoms with Gasteiger partial charge in [-0.2, -0.15) is 9.78 Å². The second-order valence-corrected chi connectivity index (χ2v) is 4.89. The number of aromatic nitrogens is 4. The van der Waals surface area contributed by atoms with Crippen molar-refractivity contribution in [2.45, 2.75) is 13.8 Å². The molecule has 0 atom stereocenters. The predicted octanol–water partition coefficient (Wildman–Crippen LogP) is 1.82. The summed E-state index contributed by atoms with van der Waals surface area (Å²) in [6.45, 7) is 3.76. The first-order valence-electron chi connectivity index (χ1n) is 6.54. The van der Waals surface area contributed by atoms with Gasteiger partial charge in [-0.1, -0.05) is 24.3 Å². The fourth-order valence-corrected chi connectivity index (χ4v) is 2.22. The van der Waals surface area contributed by atoms with Gasteiger partial charge in [0.15, 0.2) is 0 Å². The van der Waals surface area contributed by atoms with Crippen LogP contribution in [0.5, 0.6) is 0 Å². The molecule has 0 aliphatic carbocycles. The summed E-state index contributed by atoms with van der Waals surface area (Å²) in [4.78, 5) is 18.4. The maximum absolute atomic E-state index is 11.5. The third-order valence-corrected chi connectivity index (χ3v) is 3.22. The fourth-order valence-electron chi connectivity index (χ4n) is 2.22. The van der Waals surface area contributed by atoms with Gasteiger partial charge in [-0.15, -0.1) is 0 Å². The van der Waals surface area contributed by atoms with Crippen LogP contribution >= 0.6 is 0 Å². The van der Waals surface area contributed by atoms with Crippen molar-refractivity contribution in [1.82, 2.24) is 19.7 Å². The summed E-state index contributed by atoms with van der Waals surface area (Å²) < 4.78 is 1.44. The molecule has 0 unspecified atom stereocenters. The van der Waals surface area contributed by atoms with E-state index >= 15 is 0 Å². The molecule has 0 aliphatic heterocycles. The highest BCUT2D eigenvalue weighted by atomic mass is 16.1. The number of rotatable bonds is 2. The Kier molecular flexibility index (Phi) is 3.06. The summed E-state index contributed by atoms with van der Waals surface area (Å²) in [5.74, 6) is 0.735. The fraction of sp³-hybridized carbons (Fsp3) is 0.133. The van der Waals surface area contributed by atoms with Gasteiger partial charge in [0.2, 0.25) is 5.95 Å². The molecule has 0 spiro atoms. The molecule has 2 heterocycles. The summed E-state index contributed by atoms with van der Waals surface area (Å²) in [7, 11) is 0. The van der Waals surface area contributed by atoms with Crippen LogP contribution in [0.1, 0.15) is 11.3 Å². The van der Waals surface area contributed by atoms with Crippen molar-refractivity contribution in [3.63, 3.8) is 0 Å². The van der Waals surface area contributed by atoms with Crippen LogP contribution in [-0.2, 0) is 0 Å². The van der Waals surface area contributed by atoms with E-state index in [0.717, 1.165) is 16.8 Å². The van der Waals surface area contributed by atoms with Crippen molar-refractivity contribution < 1.29 is 0 Å². The molecule has 0 saturated heterocycles. The maximum atomic E-state index is 11.5. The van der Waals surface area contributed by atoms with E-state index in [1.807, 2.05) is 31.2 Å². The lowest BCUT2D eigenvalue weighted by Gasteiger charge is -2.03.